The Hall–Kier alpha value is -1.68. The van der Waals surface area contributed by atoms with Gasteiger partial charge in [0.1, 0.15) is 0 Å². The van der Waals surface area contributed by atoms with E-state index in [9.17, 15) is 4.79 Å². The zero-order valence-electron chi connectivity index (χ0n) is 12.8. The van der Waals surface area contributed by atoms with Crippen molar-refractivity contribution >= 4 is 22.6 Å². The van der Waals surface area contributed by atoms with Crippen LogP contribution in [0.3, 0.4) is 0 Å². The molecule has 21 heavy (non-hydrogen) atoms. The Balaban J connectivity index is 2.30. The summed E-state index contributed by atoms with van der Waals surface area (Å²) in [5.41, 5.74) is 4.07. The van der Waals surface area contributed by atoms with Crippen molar-refractivity contribution in [1.82, 2.24) is 14.5 Å². The van der Waals surface area contributed by atoms with Gasteiger partial charge in [-0.15, -0.1) is 0 Å². The second kappa shape index (κ2) is 4.95. The highest BCUT2D eigenvalue weighted by atomic mass is 35.5. The van der Waals surface area contributed by atoms with Gasteiger partial charge >= 0.3 is 5.69 Å². The Labute approximate surface area is 129 Å². The van der Waals surface area contributed by atoms with Gasteiger partial charge in [0.15, 0.2) is 0 Å². The molecular formula is C16H20ClN3O. The third-order valence-corrected chi connectivity index (χ3v) is 4.34. The summed E-state index contributed by atoms with van der Waals surface area (Å²) in [7, 11) is 0. The van der Waals surface area contributed by atoms with Gasteiger partial charge in [0.25, 0.3) is 0 Å². The fourth-order valence-electron chi connectivity index (χ4n) is 3.23. The van der Waals surface area contributed by atoms with E-state index in [-0.39, 0.29) is 17.8 Å². The van der Waals surface area contributed by atoms with Gasteiger partial charge < -0.3 is 9.88 Å². The number of benzene rings is 1. The number of aromatic amines is 1. The fourth-order valence-corrected chi connectivity index (χ4v) is 3.46. The standard InChI is InChI=1S/C16H20ClN3O/c1-9(2)7-19-10(3)8-20-15-13(11(19)4)5-12(17)6-14(15)18-16(20)21/h5-7,10-11H,8H2,1-4H3,(H,18,21)/t10-,11-/m1/s1. The third kappa shape index (κ3) is 2.27. The lowest BCUT2D eigenvalue weighted by Gasteiger charge is -2.32. The molecule has 1 aromatic carbocycles. The lowest BCUT2D eigenvalue weighted by atomic mass is 10.0. The van der Waals surface area contributed by atoms with E-state index < -0.39 is 0 Å². The van der Waals surface area contributed by atoms with Crippen LogP contribution in [0.5, 0.6) is 0 Å². The summed E-state index contributed by atoms with van der Waals surface area (Å²) >= 11 is 6.23. The van der Waals surface area contributed by atoms with Crippen LogP contribution < -0.4 is 5.69 Å². The summed E-state index contributed by atoms with van der Waals surface area (Å²) in [5, 5.41) is 0.657. The minimum absolute atomic E-state index is 0.0633. The fraction of sp³-hybridized carbons (Fsp3) is 0.438. The number of imidazole rings is 1. The molecule has 0 amide bonds. The highest BCUT2D eigenvalue weighted by molar-refractivity contribution is 6.31. The summed E-state index contributed by atoms with van der Waals surface area (Å²) in [4.78, 5) is 17.5. The van der Waals surface area contributed by atoms with Crippen molar-refractivity contribution in [3.05, 3.63) is 45.0 Å². The number of nitrogens with one attached hydrogen (secondary N) is 1. The monoisotopic (exact) mass is 305 g/mol. The van der Waals surface area contributed by atoms with E-state index in [1.165, 1.54) is 5.57 Å². The molecule has 1 aliphatic heterocycles. The Kier molecular flexibility index (Phi) is 3.36. The molecule has 0 unspecified atom stereocenters. The molecule has 2 aromatic rings. The van der Waals surface area contributed by atoms with Gasteiger partial charge in [0, 0.05) is 23.2 Å². The van der Waals surface area contributed by atoms with Crippen LogP contribution in [0.2, 0.25) is 5.02 Å². The van der Waals surface area contributed by atoms with Crippen molar-refractivity contribution in [2.75, 3.05) is 0 Å². The molecule has 0 saturated carbocycles. The first kappa shape index (κ1) is 14.3. The molecule has 1 aliphatic rings. The number of nitrogens with zero attached hydrogens (tertiary/aromatic N) is 2. The van der Waals surface area contributed by atoms with Gasteiger partial charge in [0.05, 0.1) is 17.1 Å². The smallest absolute Gasteiger partial charge is 0.326 e. The molecule has 0 aliphatic carbocycles. The maximum Gasteiger partial charge on any atom is 0.326 e. The molecule has 0 bridgehead atoms. The van der Waals surface area contributed by atoms with Crippen LogP contribution in [0.15, 0.2) is 28.7 Å². The van der Waals surface area contributed by atoms with Crippen LogP contribution in [0.4, 0.5) is 0 Å². The molecule has 3 rings (SSSR count). The Morgan fingerprint density at radius 2 is 2.10 bits per heavy atom. The van der Waals surface area contributed by atoms with Crippen molar-refractivity contribution in [2.24, 2.45) is 0 Å². The summed E-state index contributed by atoms with van der Waals surface area (Å²) in [6, 6.07) is 4.20. The Morgan fingerprint density at radius 3 is 2.76 bits per heavy atom. The number of rotatable bonds is 1. The second-order valence-corrected chi connectivity index (χ2v) is 6.55. The van der Waals surface area contributed by atoms with Gasteiger partial charge in [-0.3, -0.25) is 4.57 Å². The SMILES string of the molecule is CC(C)=CN1[C@H](C)Cn2c(=O)[nH]c3cc(Cl)cc(c32)[C@H]1C. The van der Waals surface area contributed by atoms with E-state index >= 15 is 0 Å². The molecule has 4 nitrogen and oxygen atoms in total. The van der Waals surface area contributed by atoms with Gasteiger partial charge in [-0.05, 0) is 46.0 Å². The van der Waals surface area contributed by atoms with Crippen LogP contribution in [0, 0.1) is 0 Å². The quantitative estimate of drug-likeness (QED) is 0.873. The van der Waals surface area contributed by atoms with E-state index in [0.29, 0.717) is 11.6 Å². The average Bonchev–Trinajstić information content (AvgIpc) is 2.64. The minimum Gasteiger partial charge on any atom is -0.366 e. The van der Waals surface area contributed by atoms with Crippen LogP contribution in [-0.2, 0) is 6.54 Å². The number of hydrogen-bond acceptors (Lipinski definition) is 2. The van der Waals surface area contributed by atoms with Crippen LogP contribution in [-0.4, -0.2) is 20.5 Å². The highest BCUT2D eigenvalue weighted by Gasteiger charge is 2.28. The lowest BCUT2D eigenvalue weighted by molar-refractivity contribution is 0.218. The van der Waals surface area contributed by atoms with E-state index in [0.717, 1.165) is 16.6 Å². The second-order valence-electron chi connectivity index (χ2n) is 6.11. The normalized spacial score (nSPS) is 21.5. The van der Waals surface area contributed by atoms with Gasteiger partial charge in [0.2, 0.25) is 0 Å². The molecule has 1 N–H and O–H groups in total. The molecular weight excluding hydrogens is 286 g/mol. The lowest BCUT2D eigenvalue weighted by Crippen LogP contribution is -2.34. The van der Waals surface area contributed by atoms with Gasteiger partial charge in [-0.25, -0.2) is 4.79 Å². The maximum absolute atomic E-state index is 12.2. The predicted octanol–water partition coefficient (Wildman–Crippen LogP) is 3.67. The molecule has 0 saturated heterocycles. The molecule has 1 aromatic heterocycles. The van der Waals surface area contributed by atoms with Crippen molar-refractivity contribution in [2.45, 2.75) is 46.3 Å². The Bertz CT molecular complexity index is 783. The molecule has 0 fully saturated rings. The zero-order chi connectivity index (χ0) is 15.3. The van der Waals surface area contributed by atoms with Crippen molar-refractivity contribution < 1.29 is 0 Å². The van der Waals surface area contributed by atoms with Crippen molar-refractivity contribution in [3.63, 3.8) is 0 Å². The summed E-state index contributed by atoms with van der Waals surface area (Å²) in [5.74, 6) is 0. The average molecular weight is 306 g/mol. The van der Waals surface area contributed by atoms with E-state index in [1.807, 2.05) is 16.7 Å². The molecule has 2 atom stereocenters. The van der Waals surface area contributed by atoms with E-state index in [1.54, 1.807) is 0 Å². The maximum atomic E-state index is 12.2. The third-order valence-electron chi connectivity index (χ3n) is 4.12. The molecule has 0 spiro atoms. The minimum atomic E-state index is -0.0633. The zero-order valence-corrected chi connectivity index (χ0v) is 13.5. The van der Waals surface area contributed by atoms with Crippen LogP contribution in [0.1, 0.15) is 39.3 Å². The highest BCUT2D eigenvalue weighted by Crippen LogP contribution is 2.34. The summed E-state index contributed by atoms with van der Waals surface area (Å²) in [6.07, 6.45) is 2.17. The van der Waals surface area contributed by atoms with E-state index in [4.69, 9.17) is 11.6 Å². The topological polar surface area (TPSA) is 41.0 Å². The van der Waals surface area contributed by atoms with Crippen molar-refractivity contribution in [1.29, 1.82) is 0 Å². The predicted molar refractivity (Wildman–Crippen MR) is 86.7 cm³/mol. The molecule has 0 radical (unpaired) electrons. The molecule has 2 heterocycles. The number of halogens is 1. The van der Waals surface area contributed by atoms with Crippen LogP contribution in [0.25, 0.3) is 11.0 Å². The molecule has 5 heteroatoms. The first-order valence-corrected chi connectivity index (χ1v) is 7.60. The number of hydrogen-bond donors (Lipinski definition) is 1. The summed E-state index contributed by atoms with van der Waals surface area (Å²) < 4.78 is 1.83. The number of allylic oxidation sites excluding steroid dienone is 1. The van der Waals surface area contributed by atoms with Crippen LogP contribution >= 0.6 is 11.6 Å². The largest absolute Gasteiger partial charge is 0.366 e. The summed E-state index contributed by atoms with van der Waals surface area (Å²) in [6.45, 7) is 9.15. The van der Waals surface area contributed by atoms with E-state index in [2.05, 4.69) is 43.8 Å². The molecule has 112 valence electrons. The number of aromatic nitrogens is 2. The number of H-pyrrole nitrogens is 1. The Morgan fingerprint density at radius 1 is 1.38 bits per heavy atom. The first-order valence-electron chi connectivity index (χ1n) is 7.23. The van der Waals surface area contributed by atoms with Gasteiger partial charge in [-0.1, -0.05) is 17.2 Å². The van der Waals surface area contributed by atoms with Gasteiger partial charge in [-0.2, -0.15) is 0 Å². The van der Waals surface area contributed by atoms with Crippen molar-refractivity contribution in [3.8, 4) is 0 Å². The first-order chi connectivity index (χ1) is 9.88.